The van der Waals surface area contributed by atoms with Gasteiger partial charge in [-0.2, -0.15) is 5.10 Å². The summed E-state index contributed by atoms with van der Waals surface area (Å²) in [5.41, 5.74) is 1.79. The van der Waals surface area contributed by atoms with E-state index >= 15 is 0 Å². The molecule has 1 unspecified atom stereocenters. The second-order valence-electron chi connectivity index (χ2n) is 4.88. The fourth-order valence-corrected chi connectivity index (χ4v) is 3.67. The molecule has 5 heteroatoms. The van der Waals surface area contributed by atoms with Gasteiger partial charge < -0.3 is 5.11 Å². The Morgan fingerprint density at radius 2 is 2.15 bits per heavy atom. The van der Waals surface area contributed by atoms with Crippen LogP contribution in [0.2, 0.25) is 5.15 Å². The average molecular weight is 307 g/mol. The molecule has 0 radical (unpaired) electrons. The van der Waals surface area contributed by atoms with Gasteiger partial charge in [-0.25, -0.2) is 0 Å². The van der Waals surface area contributed by atoms with Gasteiger partial charge in [0.1, 0.15) is 5.15 Å². The van der Waals surface area contributed by atoms with Crippen molar-refractivity contribution in [3.8, 4) is 0 Å². The van der Waals surface area contributed by atoms with Crippen LogP contribution in [0, 0.1) is 6.92 Å². The molecule has 0 bridgehead atoms. The number of hydrogen-bond acceptors (Lipinski definition) is 3. The van der Waals surface area contributed by atoms with E-state index in [4.69, 9.17) is 11.6 Å². The number of aromatic nitrogens is 2. The van der Waals surface area contributed by atoms with Crippen LogP contribution in [-0.2, 0) is 13.5 Å². The lowest BCUT2D eigenvalue weighted by molar-refractivity contribution is 0.182. The van der Waals surface area contributed by atoms with Crippen LogP contribution >= 0.6 is 22.9 Å². The third-order valence-corrected chi connectivity index (χ3v) is 5.13. The molecular formula is C15H15ClN2OS. The largest absolute Gasteiger partial charge is 0.387 e. The predicted octanol–water partition coefficient (Wildman–Crippen LogP) is 3.87. The summed E-state index contributed by atoms with van der Waals surface area (Å²) < 4.78 is 2.83. The standard InChI is InChI=1S/C15H15ClN2OS/c1-9-11(15(16)18(2)17-9)8-12(19)14-7-10-5-3-4-6-13(10)20-14/h3-7,12,19H,8H2,1-2H3. The molecule has 0 aliphatic carbocycles. The molecular weight excluding hydrogens is 292 g/mol. The first kappa shape index (κ1) is 13.6. The Hall–Kier alpha value is -1.36. The molecule has 1 aromatic carbocycles. The maximum Gasteiger partial charge on any atom is 0.130 e. The highest BCUT2D eigenvalue weighted by Crippen LogP contribution is 2.33. The lowest BCUT2D eigenvalue weighted by Crippen LogP contribution is -2.00. The number of hydrogen-bond donors (Lipinski definition) is 1. The van der Waals surface area contributed by atoms with Crippen LogP contribution in [0.3, 0.4) is 0 Å². The molecule has 2 aromatic heterocycles. The predicted molar refractivity (Wildman–Crippen MR) is 83.4 cm³/mol. The van der Waals surface area contributed by atoms with E-state index in [0.29, 0.717) is 11.6 Å². The van der Waals surface area contributed by atoms with E-state index in [1.54, 1.807) is 16.0 Å². The summed E-state index contributed by atoms with van der Waals surface area (Å²) in [5, 5.41) is 16.5. The van der Waals surface area contributed by atoms with Crippen molar-refractivity contribution >= 4 is 33.0 Å². The summed E-state index contributed by atoms with van der Waals surface area (Å²) in [4.78, 5) is 0.963. The number of aryl methyl sites for hydroxylation is 2. The quantitative estimate of drug-likeness (QED) is 0.797. The number of rotatable bonds is 3. The number of aliphatic hydroxyl groups excluding tert-OH is 1. The van der Waals surface area contributed by atoms with Crippen LogP contribution in [0.5, 0.6) is 0 Å². The zero-order valence-corrected chi connectivity index (χ0v) is 12.9. The van der Waals surface area contributed by atoms with E-state index < -0.39 is 6.10 Å². The lowest BCUT2D eigenvalue weighted by atomic mass is 10.1. The van der Waals surface area contributed by atoms with Gasteiger partial charge in [-0.15, -0.1) is 11.3 Å². The second kappa shape index (κ2) is 5.20. The fourth-order valence-electron chi connectivity index (χ4n) is 2.37. The van der Waals surface area contributed by atoms with Gasteiger partial charge in [0, 0.05) is 28.6 Å². The van der Waals surface area contributed by atoms with Crippen LogP contribution in [0.4, 0.5) is 0 Å². The van der Waals surface area contributed by atoms with Gasteiger partial charge in [0.25, 0.3) is 0 Å². The van der Waals surface area contributed by atoms with Gasteiger partial charge >= 0.3 is 0 Å². The van der Waals surface area contributed by atoms with Crippen LogP contribution in [0.1, 0.15) is 22.2 Å². The SMILES string of the molecule is Cc1nn(C)c(Cl)c1CC(O)c1cc2ccccc2s1. The molecule has 20 heavy (non-hydrogen) atoms. The van der Waals surface area contributed by atoms with Crippen LogP contribution < -0.4 is 0 Å². The highest BCUT2D eigenvalue weighted by molar-refractivity contribution is 7.19. The molecule has 0 fully saturated rings. The maximum atomic E-state index is 10.4. The first-order chi connectivity index (χ1) is 9.56. The minimum absolute atomic E-state index is 0.491. The maximum absolute atomic E-state index is 10.4. The minimum atomic E-state index is -0.548. The van der Waals surface area contributed by atoms with Crippen molar-refractivity contribution in [1.82, 2.24) is 9.78 Å². The first-order valence-corrected chi connectivity index (χ1v) is 7.60. The Balaban J connectivity index is 1.90. The zero-order chi connectivity index (χ0) is 14.3. The number of thiophene rings is 1. The topological polar surface area (TPSA) is 38.0 Å². The molecule has 3 rings (SSSR count). The zero-order valence-electron chi connectivity index (χ0n) is 11.3. The van der Waals surface area contributed by atoms with Crippen molar-refractivity contribution in [2.24, 2.45) is 7.05 Å². The van der Waals surface area contributed by atoms with E-state index in [2.05, 4.69) is 17.2 Å². The lowest BCUT2D eigenvalue weighted by Gasteiger charge is -2.08. The van der Waals surface area contributed by atoms with Crippen molar-refractivity contribution in [3.05, 3.63) is 51.6 Å². The molecule has 1 atom stereocenters. The molecule has 2 heterocycles. The van der Waals surface area contributed by atoms with Gasteiger partial charge in [-0.3, -0.25) is 4.68 Å². The first-order valence-electron chi connectivity index (χ1n) is 6.41. The van der Waals surface area contributed by atoms with Crippen molar-refractivity contribution in [1.29, 1.82) is 0 Å². The van der Waals surface area contributed by atoms with Gasteiger partial charge in [0.15, 0.2) is 0 Å². The van der Waals surface area contributed by atoms with E-state index in [0.717, 1.165) is 16.1 Å². The van der Waals surface area contributed by atoms with Gasteiger partial charge in [0.2, 0.25) is 0 Å². The molecule has 0 spiro atoms. The van der Waals surface area contributed by atoms with Crippen LogP contribution in [0.25, 0.3) is 10.1 Å². The summed E-state index contributed by atoms with van der Waals surface area (Å²) in [7, 11) is 1.81. The normalized spacial score (nSPS) is 13.0. The van der Waals surface area contributed by atoms with Crippen molar-refractivity contribution in [2.75, 3.05) is 0 Å². The number of fused-ring (bicyclic) bond motifs is 1. The smallest absolute Gasteiger partial charge is 0.130 e. The highest BCUT2D eigenvalue weighted by Gasteiger charge is 2.18. The number of nitrogens with zero attached hydrogens (tertiary/aromatic N) is 2. The Bertz CT molecular complexity index is 729. The van der Waals surface area contributed by atoms with Gasteiger partial charge in [-0.05, 0) is 24.4 Å². The van der Waals surface area contributed by atoms with E-state index in [1.165, 1.54) is 10.1 Å². The van der Waals surface area contributed by atoms with E-state index in [9.17, 15) is 5.11 Å². The van der Waals surface area contributed by atoms with Crippen LogP contribution in [-0.4, -0.2) is 14.9 Å². The number of benzene rings is 1. The molecule has 0 saturated carbocycles. The molecule has 1 N–H and O–H groups in total. The van der Waals surface area contributed by atoms with Crippen LogP contribution in [0.15, 0.2) is 30.3 Å². The second-order valence-corrected chi connectivity index (χ2v) is 6.36. The molecule has 3 aromatic rings. The van der Waals surface area contributed by atoms with Gasteiger partial charge in [0.05, 0.1) is 11.8 Å². The monoisotopic (exact) mass is 306 g/mol. The number of halogens is 1. The van der Waals surface area contributed by atoms with Crippen molar-refractivity contribution in [2.45, 2.75) is 19.4 Å². The Kier molecular flexibility index (Phi) is 3.54. The molecule has 0 amide bonds. The Morgan fingerprint density at radius 3 is 2.80 bits per heavy atom. The molecule has 0 aliphatic rings. The molecule has 0 saturated heterocycles. The summed E-state index contributed by atoms with van der Waals surface area (Å²) in [5.74, 6) is 0. The third kappa shape index (κ3) is 2.35. The van der Waals surface area contributed by atoms with E-state index in [1.807, 2.05) is 32.2 Å². The highest BCUT2D eigenvalue weighted by atomic mass is 35.5. The minimum Gasteiger partial charge on any atom is -0.387 e. The summed E-state index contributed by atoms with van der Waals surface area (Å²) in [6, 6.07) is 10.2. The third-order valence-electron chi connectivity index (χ3n) is 3.44. The summed E-state index contributed by atoms with van der Waals surface area (Å²) >= 11 is 7.84. The summed E-state index contributed by atoms with van der Waals surface area (Å²) in [6.45, 7) is 1.92. The summed E-state index contributed by atoms with van der Waals surface area (Å²) in [6.07, 6.45) is -0.0569. The molecule has 104 valence electrons. The van der Waals surface area contributed by atoms with Crippen molar-refractivity contribution < 1.29 is 5.11 Å². The molecule has 0 aliphatic heterocycles. The van der Waals surface area contributed by atoms with E-state index in [-0.39, 0.29) is 0 Å². The van der Waals surface area contributed by atoms with Crippen molar-refractivity contribution in [3.63, 3.8) is 0 Å². The van der Waals surface area contributed by atoms with Gasteiger partial charge in [-0.1, -0.05) is 29.8 Å². The average Bonchev–Trinajstić information content (AvgIpc) is 2.95. The Labute approximate surface area is 126 Å². The number of aliphatic hydroxyl groups is 1. The Morgan fingerprint density at radius 1 is 1.40 bits per heavy atom. The fraction of sp³-hybridized carbons (Fsp3) is 0.267. The molecule has 3 nitrogen and oxygen atoms in total.